The number of carboxylic acids is 1. The van der Waals surface area contributed by atoms with Crippen LogP contribution in [0, 0.1) is 0 Å². The normalized spacial score (nSPS) is 10.7. The molecule has 6 nitrogen and oxygen atoms in total. The molecule has 6 heteroatoms. The quantitative estimate of drug-likeness (QED) is 0.735. The summed E-state index contributed by atoms with van der Waals surface area (Å²) < 4.78 is 10.5. The van der Waals surface area contributed by atoms with E-state index < -0.39 is 12.3 Å². The van der Waals surface area contributed by atoms with E-state index in [-0.39, 0.29) is 5.56 Å². The highest BCUT2D eigenvalue weighted by molar-refractivity contribution is 5.86. The smallest absolute Gasteiger partial charge is 0.338 e. The number of aromatic carboxylic acids is 1. The van der Waals surface area contributed by atoms with E-state index in [0.29, 0.717) is 19.0 Å². The summed E-state index contributed by atoms with van der Waals surface area (Å²) in [6, 6.07) is 0. The highest BCUT2D eigenvalue weighted by Gasteiger charge is 2.15. The lowest BCUT2D eigenvalue weighted by molar-refractivity contribution is -0.145. The second kappa shape index (κ2) is 6.14. The highest BCUT2D eigenvalue weighted by atomic mass is 16.7. The van der Waals surface area contributed by atoms with Crippen LogP contribution >= 0.6 is 0 Å². The van der Waals surface area contributed by atoms with Crippen molar-refractivity contribution in [3.8, 4) is 0 Å². The van der Waals surface area contributed by atoms with Crippen LogP contribution in [0.2, 0.25) is 0 Å². The van der Waals surface area contributed by atoms with E-state index in [9.17, 15) is 4.79 Å². The maximum Gasteiger partial charge on any atom is 0.338 e. The molecule has 1 aromatic rings. The van der Waals surface area contributed by atoms with Gasteiger partial charge in [-0.2, -0.15) is 0 Å². The monoisotopic (exact) mass is 226 g/mol. The average Bonchev–Trinajstić information content (AvgIpc) is 2.29. The van der Waals surface area contributed by atoms with E-state index in [1.54, 1.807) is 0 Å². The molecule has 0 aromatic carbocycles. The molecule has 0 bridgehead atoms. The fourth-order valence-corrected chi connectivity index (χ4v) is 1.07. The number of carboxylic acid groups (broad SMARTS) is 1. The van der Waals surface area contributed by atoms with Crippen molar-refractivity contribution in [3.63, 3.8) is 0 Å². The van der Waals surface area contributed by atoms with Gasteiger partial charge in [0, 0.05) is 25.6 Å². The van der Waals surface area contributed by atoms with Crippen molar-refractivity contribution in [2.45, 2.75) is 20.1 Å². The van der Waals surface area contributed by atoms with E-state index in [1.165, 1.54) is 12.4 Å². The topological polar surface area (TPSA) is 81.5 Å². The number of nitrogens with zero attached hydrogens (tertiary/aromatic N) is 2. The number of rotatable bonds is 6. The first-order chi connectivity index (χ1) is 7.69. The standard InChI is InChI=1S/C10H14N2O4/c1-3-15-10(16-4-2)8-11-5-7(6-12-8)9(13)14/h5-6,10H,3-4H2,1-2H3,(H,13,14). The molecule has 0 atom stereocenters. The Morgan fingerprint density at radius 3 is 2.19 bits per heavy atom. The zero-order valence-corrected chi connectivity index (χ0v) is 9.21. The van der Waals surface area contributed by atoms with Gasteiger partial charge in [-0.3, -0.25) is 0 Å². The van der Waals surface area contributed by atoms with Crippen molar-refractivity contribution in [2.24, 2.45) is 0 Å². The summed E-state index contributed by atoms with van der Waals surface area (Å²) in [5.74, 6) is -0.732. The second-order valence-electron chi connectivity index (χ2n) is 2.88. The van der Waals surface area contributed by atoms with Crippen molar-refractivity contribution in [1.82, 2.24) is 9.97 Å². The van der Waals surface area contributed by atoms with E-state index in [4.69, 9.17) is 14.6 Å². The third-order valence-corrected chi connectivity index (χ3v) is 1.77. The summed E-state index contributed by atoms with van der Waals surface area (Å²) in [6.45, 7) is 4.60. The molecule has 1 rings (SSSR count). The lowest BCUT2D eigenvalue weighted by Crippen LogP contribution is -2.13. The van der Waals surface area contributed by atoms with Gasteiger partial charge >= 0.3 is 5.97 Å². The fourth-order valence-electron chi connectivity index (χ4n) is 1.07. The third-order valence-electron chi connectivity index (χ3n) is 1.77. The maximum absolute atomic E-state index is 10.6. The molecule has 0 aliphatic rings. The Bertz CT molecular complexity index is 333. The molecule has 0 radical (unpaired) electrons. The zero-order chi connectivity index (χ0) is 12.0. The molecular formula is C10H14N2O4. The number of carbonyl (C=O) groups is 1. The summed E-state index contributed by atoms with van der Waals surface area (Å²) in [7, 11) is 0. The number of hydrogen-bond acceptors (Lipinski definition) is 5. The molecule has 16 heavy (non-hydrogen) atoms. The van der Waals surface area contributed by atoms with Gasteiger partial charge in [-0.15, -0.1) is 0 Å². The first-order valence-corrected chi connectivity index (χ1v) is 4.97. The van der Waals surface area contributed by atoms with Crippen LogP contribution in [0.5, 0.6) is 0 Å². The van der Waals surface area contributed by atoms with Crippen molar-refractivity contribution < 1.29 is 19.4 Å². The molecule has 0 saturated heterocycles. The maximum atomic E-state index is 10.6. The van der Waals surface area contributed by atoms with E-state index in [2.05, 4.69) is 9.97 Å². The van der Waals surface area contributed by atoms with E-state index in [0.717, 1.165) is 0 Å². The van der Waals surface area contributed by atoms with Crippen molar-refractivity contribution in [1.29, 1.82) is 0 Å². The molecule has 1 heterocycles. The van der Waals surface area contributed by atoms with Gasteiger partial charge in [-0.05, 0) is 13.8 Å². The summed E-state index contributed by atoms with van der Waals surface area (Å²) in [4.78, 5) is 18.4. The van der Waals surface area contributed by atoms with Crippen LogP contribution in [0.25, 0.3) is 0 Å². The van der Waals surface area contributed by atoms with Gasteiger partial charge in [0.2, 0.25) is 6.29 Å². The molecule has 0 aliphatic carbocycles. The molecule has 1 aromatic heterocycles. The predicted molar refractivity (Wildman–Crippen MR) is 55.0 cm³/mol. The summed E-state index contributed by atoms with van der Waals surface area (Å²) >= 11 is 0. The largest absolute Gasteiger partial charge is 0.478 e. The second-order valence-corrected chi connectivity index (χ2v) is 2.88. The van der Waals surface area contributed by atoms with E-state index in [1.807, 2.05) is 13.8 Å². The van der Waals surface area contributed by atoms with Gasteiger partial charge in [0.25, 0.3) is 0 Å². The fraction of sp³-hybridized carbons (Fsp3) is 0.500. The molecule has 88 valence electrons. The highest BCUT2D eigenvalue weighted by Crippen LogP contribution is 2.14. The van der Waals surface area contributed by atoms with Crippen LogP contribution < -0.4 is 0 Å². The van der Waals surface area contributed by atoms with E-state index >= 15 is 0 Å². The Morgan fingerprint density at radius 1 is 1.31 bits per heavy atom. The minimum absolute atomic E-state index is 0.0375. The van der Waals surface area contributed by atoms with Crippen molar-refractivity contribution in [3.05, 3.63) is 23.8 Å². The third kappa shape index (κ3) is 3.25. The molecule has 0 unspecified atom stereocenters. The molecule has 0 aliphatic heterocycles. The van der Waals surface area contributed by atoms with Crippen LogP contribution in [-0.2, 0) is 9.47 Å². The van der Waals surface area contributed by atoms with Crippen LogP contribution in [0.4, 0.5) is 0 Å². The van der Waals surface area contributed by atoms with Gasteiger partial charge < -0.3 is 14.6 Å². The Balaban J connectivity index is 2.80. The lowest BCUT2D eigenvalue weighted by Gasteiger charge is -2.14. The Kier molecular flexibility index (Phi) is 4.81. The average molecular weight is 226 g/mol. The zero-order valence-electron chi connectivity index (χ0n) is 9.21. The van der Waals surface area contributed by atoms with Crippen molar-refractivity contribution in [2.75, 3.05) is 13.2 Å². The summed E-state index contributed by atoms with van der Waals surface area (Å²) in [5.41, 5.74) is 0.0375. The van der Waals surface area contributed by atoms with Gasteiger partial charge in [0.1, 0.15) is 0 Å². The Labute approximate surface area is 93.2 Å². The lowest BCUT2D eigenvalue weighted by atomic mass is 10.3. The van der Waals surface area contributed by atoms with Crippen molar-refractivity contribution >= 4 is 5.97 Å². The first kappa shape index (κ1) is 12.5. The summed E-state index contributed by atoms with van der Waals surface area (Å²) in [6.07, 6.45) is 1.82. The van der Waals surface area contributed by atoms with Gasteiger partial charge in [0.15, 0.2) is 5.82 Å². The van der Waals surface area contributed by atoms with Gasteiger partial charge in [-0.1, -0.05) is 0 Å². The molecule has 1 N–H and O–H groups in total. The van der Waals surface area contributed by atoms with Gasteiger partial charge in [-0.25, -0.2) is 14.8 Å². The van der Waals surface area contributed by atoms with Crippen LogP contribution in [0.1, 0.15) is 36.3 Å². The first-order valence-electron chi connectivity index (χ1n) is 4.97. The Morgan fingerprint density at radius 2 is 1.81 bits per heavy atom. The minimum Gasteiger partial charge on any atom is -0.478 e. The van der Waals surface area contributed by atoms with Crippen LogP contribution in [0.15, 0.2) is 12.4 Å². The Hall–Kier alpha value is -1.53. The molecule has 0 amide bonds. The SMILES string of the molecule is CCOC(OCC)c1ncc(C(=O)O)cn1. The molecular weight excluding hydrogens is 212 g/mol. The molecule has 0 fully saturated rings. The molecule has 0 spiro atoms. The number of aromatic nitrogens is 2. The number of hydrogen-bond donors (Lipinski definition) is 1. The summed E-state index contributed by atoms with van der Waals surface area (Å²) in [5, 5.41) is 8.68. The predicted octanol–water partition coefficient (Wildman–Crippen LogP) is 1.25. The number of ether oxygens (including phenoxy) is 2. The molecule has 0 saturated carbocycles. The van der Waals surface area contributed by atoms with Crippen LogP contribution in [-0.4, -0.2) is 34.3 Å². The van der Waals surface area contributed by atoms with Gasteiger partial charge in [0.05, 0.1) is 5.56 Å². The minimum atomic E-state index is -1.06. The van der Waals surface area contributed by atoms with Crippen LogP contribution in [0.3, 0.4) is 0 Å².